The Morgan fingerprint density at radius 3 is 2.43 bits per heavy atom. The number of anilines is 1. The second kappa shape index (κ2) is 6.72. The first kappa shape index (κ1) is 20.2. The average Bonchev–Trinajstić information content (AvgIpc) is 2.63. The maximum Gasteiger partial charge on any atom is 0.410 e. The average molecular weight is 414 g/mol. The molecule has 30 heavy (non-hydrogen) atoms. The molecule has 5 amide bonds. The molecule has 2 saturated heterocycles. The van der Waals surface area contributed by atoms with Crippen LogP contribution in [0.1, 0.15) is 31.9 Å². The molecule has 1 atom stereocenters. The fourth-order valence-corrected chi connectivity index (χ4v) is 4.57. The molecule has 3 aliphatic rings. The standard InChI is InChI=1S/C21H26N4O5/c1-12-5-6-14-13(9-12)10-21(16(26)22-18(28)23-17(21)27)15-11-24(7-8-25(14)15)19(29)30-20(2,3)4/h5-6,9,15H,7-8,10-11H2,1-4H3,(H2,22,23,26,27,28). The van der Waals surface area contributed by atoms with E-state index in [1.807, 2.05) is 30.0 Å². The van der Waals surface area contributed by atoms with Gasteiger partial charge >= 0.3 is 12.1 Å². The van der Waals surface area contributed by atoms with E-state index in [1.165, 1.54) is 4.90 Å². The van der Waals surface area contributed by atoms with E-state index in [4.69, 9.17) is 4.74 Å². The molecule has 0 bridgehead atoms. The van der Waals surface area contributed by atoms with Crippen molar-refractivity contribution < 1.29 is 23.9 Å². The fourth-order valence-electron chi connectivity index (χ4n) is 4.57. The van der Waals surface area contributed by atoms with Crippen molar-refractivity contribution in [1.29, 1.82) is 0 Å². The number of carbonyl (C=O) groups excluding carboxylic acids is 4. The zero-order chi connectivity index (χ0) is 21.8. The van der Waals surface area contributed by atoms with E-state index in [0.29, 0.717) is 13.1 Å². The summed E-state index contributed by atoms with van der Waals surface area (Å²) in [6, 6.07) is 4.49. The Hall–Kier alpha value is -3.10. The number of amides is 5. The Morgan fingerprint density at radius 2 is 1.80 bits per heavy atom. The van der Waals surface area contributed by atoms with Crippen LogP contribution >= 0.6 is 0 Å². The molecule has 1 spiro atoms. The first-order chi connectivity index (χ1) is 14.0. The molecule has 0 saturated carbocycles. The molecular formula is C21H26N4O5. The lowest BCUT2D eigenvalue weighted by Crippen LogP contribution is -2.75. The van der Waals surface area contributed by atoms with Crippen LogP contribution in [-0.2, 0) is 20.7 Å². The van der Waals surface area contributed by atoms with Gasteiger partial charge in [0.25, 0.3) is 0 Å². The number of carbonyl (C=O) groups is 4. The summed E-state index contributed by atoms with van der Waals surface area (Å²) in [5, 5.41) is 4.52. The lowest BCUT2D eigenvalue weighted by Gasteiger charge is -2.54. The maximum atomic E-state index is 13.1. The van der Waals surface area contributed by atoms with Crippen LogP contribution in [0, 0.1) is 12.3 Å². The van der Waals surface area contributed by atoms with Crippen LogP contribution < -0.4 is 15.5 Å². The van der Waals surface area contributed by atoms with Gasteiger partial charge in [0.2, 0.25) is 11.8 Å². The number of nitrogens with one attached hydrogen (secondary N) is 2. The number of benzene rings is 1. The molecule has 0 aromatic heterocycles. The summed E-state index contributed by atoms with van der Waals surface area (Å²) in [5.41, 5.74) is 0.654. The molecule has 1 aromatic carbocycles. The molecule has 0 radical (unpaired) electrons. The monoisotopic (exact) mass is 414 g/mol. The van der Waals surface area contributed by atoms with Crippen LogP contribution in [0.25, 0.3) is 0 Å². The number of urea groups is 1. The highest BCUT2D eigenvalue weighted by Gasteiger charge is 2.61. The molecule has 1 aromatic rings. The van der Waals surface area contributed by atoms with E-state index in [2.05, 4.69) is 10.6 Å². The van der Waals surface area contributed by atoms with E-state index in [1.54, 1.807) is 20.8 Å². The quantitative estimate of drug-likeness (QED) is 0.620. The summed E-state index contributed by atoms with van der Waals surface area (Å²) in [6.45, 7) is 8.29. The first-order valence-corrected chi connectivity index (χ1v) is 10.0. The Labute approximate surface area is 174 Å². The van der Waals surface area contributed by atoms with Crippen molar-refractivity contribution >= 4 is 29.6 Å². The van der Waals surface area contributed by atoms with Crippen molar-refractivity contribution in [3.8, 4) is 0 Å². The van der Waals surface area contributed by atoms with Gasteiger partial charge in [-0.05, 0) is 45.7 Å². The van der Waals surface area contributed by atoms with E-state index in [9.17, 15) is 19.2 Å². The van der Waals surface area contributed by atoms with Gasteiger partial charge in [-0.15, -0.1) is 0 Å². The Balaban J connectivity index is 1.76. The number of nitrogens with zero attached hydrogens (tertiary/aromatic N) is 2. The van der Waals surface area contributed by atoms with Gasteiger partial charge in [-0.25, -0.2) is 9.59 Å². The summed E-state index contributed by atoms with van der Waals surface area (Å²) < 4.78 is 5.50. The molecule has 9 heteroatoms. The molecule has 1 unspecified atom stereocenters. The highest BCUT2D eigenvalue weighted by atomic mass is 16.6. The summed E-state index contributed by atoms with van der Waals surface area (Å²) in [7, 11) is 0. The second-order valence-electron chi connectivity index (χ2n) is 9.15. The Morgan fingerprint density at radius 1 is 1.13 bits per heavy atom. The van der Waals surface area contributed by atoms with Gasteiger partial charge in [0.15, 0.2) is 5.41 Å². The van der Waals surface area contributed by atoms with Gasteiger partial charge in [-0.2, -0.15) is 0 Å². The van der Waals surface area contributed by atoms with Gasteiger partial charge in [-0.1, -0.05) is 17.7 Å². The van der Waals surface area contributed by atoms with Gasteiger partial charge in [0, 0.05) is 25.3 Å². The molecule has 0 aliphatic carbocycles. The van der Waals surface area contributed by atoms with Crippen LogP contribution in [0.5, 0.6) is 0 Å². The highest BCUT2D eigenvalue weighted by Crippen LogP contribution is 2.44. The van der Waals surface area contributed by atoms with E-state index >= 15 is 0 Å². The molecule has 4 rings (SSSR count). The highest BCUT2D eigenvalue weighted by molar-refractivity contribution is 6.20. The minimum absolute atomic E-state index is 0.136. The van der Waals surface area contributed by atoms with Crippen molar-refractivity contribution in [2.24, 2.45) is 5.41 Å². The Kier molecular flexibility index (Phi) is 4.52. The fraction of sp³-hybridized carbons (Fsp3) is 0.524. The third-order valence-corrected chi connectivity index (χ3v) is 5.88. The van der Waals surface area contributed by atoms with Gasteiger partial charge in [0.1, 0.15) is 5.60 Å². The molecule has 3 aliphatic heterocycles. The van der Waals surface area contributed by atoms with Crippen LogP contribution in [0.2, 0.25) is 0 Å². The van der Waals surface area contributed by atoms with Crippen LogP contribution in [0.3, 0.4) is 0 Å². The van der Waals surface area contributed by atoms with Crippen LogP contribution in [0.4, 0.5) is 15.3 Å². The van der Waals surface area contributed by atoms with Crippen LogP contribution in [-0.4, -0.2) is 60.1 Å². The predicted molar refractivity (Wildman–Crippen MR) is 108 cm³/mol. The second-order valence-corrected chi connectivity index (χ2v) is 9.15. The number of hydrogen-bond donors (Lipinski definition) is 2. The molecule has 9 nitrogen and oxygen atoms in total. The van der Waals surface area contributed by atoms with Crippen molar-refractivity contribution in [2.75, 3.05) is 24.5 Å². The summed E-state index contributed by atoms with van der Waals surface area (Å²) in [4.78, 5) is 54.2. The maximum absolute atomic E-state index is 13.1. The Bertz CT molecular complexity index is 931. The van der Waals surface area contributed by atoms with Gasteiger partial charge < -0.3 is 14.5 Å². The molecule has 3 heterocycles. The summed E-state index contributed by atoms with van der Waals surface area (Å²) >= 11 is 0. The number of barbiturate groups is 1. The van der Waals surface area contributed by atoms with Crippen molar-refractivity contribution in [1.82, 2.24) is 15.5 Å². The predicted octanol–water partition coefficient (Wildman–Crippen LogP) is 1.33. The lowest BCUT2D eigenvalue weighted by molar-refractivity contribution is -0.147. The largest absolute Gasteiger partial charge is 0.444 e. The third kappa shape index (κ3) is 3.18. The van der Waals surface area contributed by atoms with E-state index < -0.39 is 41.0 Å². The lowest BCUT2D eigenvalue weighted by atomic mass is 9.68. The van der Waals surface area contributed by atoms with Gasteiger partial charge in [0.05, 0.1) is 6.04 Å². The minimum Gasteiger partial charge on any atom is -0.444 e. The van der Waals surface area contributed by atoms with Gasteiger partial charge in [-0.3, -0.25) is 20.2 Å². The first-order valence-electron chi connectivity index (χ1n) is 10.0. The van der Waals surface area contributed by atoms with Crippen molar-refractivity contribution in [2.45, 2.75) is 45.8 Å². The zero-order valence-electron chi connectivity index (χ0n) is 17.6. The zero-order valence-corrected chi connectivity index (χ0v) is 17.6. The van der Waals surface area contributed by atoms with E-state index in [0.717, 1.165) is 16.8 Å². The number of fused-ring (bicyclic) bond motifs is 4. The number of aryl methyl sites for hydroxylation is 1. The minimum atomic E-state index is -1.52. The summed E-state index contributed by atoms with van der Waals surface area (Å²) in [5.74, 6) is -1.27. The van der Waals surface area contributed by atoms with Crippen LogP contribution in [0.15, 0.2) is 18.2 Å². The normalized spacial score (nSPS) is 22.8. The smallest absolute Gasteiger partial charge is 0.410 e. The number of rotatable bonds is 0. The number of imide groups is 2. The molecule has 2 N–H and O–H groups in total. The van der Waals surface area contributed by atoms with E-state index in [-0.39, 0.29) is 13.0 Å². The third-order valence-electron chi connectivity index (χ3n) is 5.88. The number of ether oxygens (including phenoxy) is 1. The molecular weight excluding hydrogens is 388 g/mol. The topological polar surface area (TPSA) is 108 Å². The number of hydrogen-bond acceptors (Lipinski definition) is 6. The molecule has 2 fully saturated rings. The summed E-state index contributed by atoms with van der Waals surface area (Å²) in [6.07, 6.45) is -0.335. The molecule has 160 valence electrons. The van der Waals surface area contributed by atoms with Crippen molar-refractivity contribution in [3.05, 3.63) is 29.3 Å². The van der Waals surface area contributed by atoms with Crippen molar-refractivity contribution in [3.63, 3.8) is 0 Å². The number of piperazine rings is 1. The SMILES string of the molecule is Cc1ccc2c(c1)CC1(C(=O)NC(=O)NC1=O)C1CN(C(=O)OC(C)(C)C)CCN21.